The highest BCUT2D eigenvalue weighted by molar-refractivity contribution is 5.93. The van der Waals surface area contributed by atoms with Crippen molar-refractivity contribution in [2.75, 3.05) is 23.3 Å². The van der Waals surface area contributed by atoms with Crippen LogP contribution in [0.25, 0.3) is 5.82 Å². The molecule has 2 aromatic heterocycles. The van der Waals surface area contributed by atoms with Crippen molar-refractivity contribution < 1.29 is 4.79 Å². The molecule has 1 amide bonds. The number of piperidine rings is 1. The molecule has 1 atom stereocenters. The highest BCUT2D eigenvalue weighted by Gasteiger charge is 2.26. The van der Waals surface area contributed by atoms with Crippen LogP contribution in [0.5, 0.6) is 0 Å². The molecular formula is C19H20N6O. The summed E-state index contributed by atoms with van der Waals surface area (Å²) in [6.07, 6.45) is 7.06. The van der Waals surface area contributed by atoms with E-state index < -0.39 is 0 Å². The van der Waals surface area contributed by atoms with Crippen molar-refractivity contribution in [1.82, 2.24) is 19.7 Å². The molecule has 1 aliphatic heterocycles. The summed E-state index contributed by atoms with van der Waals surface area (Å²) in [7, 11) is 0. The van der Waals surface area contributed by atoms with Gasteiger partial charge in [0, 0.05) is 31.2 Å². The number of carbonyl (C=O) groups excluding carboxylic acids is 1. The number of amides is 1. The van der Waals surface area contributed by atoms with Crippen molar-refractivity contribution >= 4 is 17.4 Å². The summed E-state index contributed by atoms with van der Waals surface area (Å²) in [5, 5.41) is 11.6. The second-order valence-corrected chi connectivity index (χ2v) is 6.36. The zero-order chi connectivity index (χ0) is 17.8. The molecule has 0 spiro atoms. The van der Waals surface area contributed by atoms with E-state index in [1.807, 2.05) is 53.2 Å². The topological polar surface area (TPSA) is 75.9 Å². The van der Waals surface area contributed by atoms with Gasteiger partial charge in [0.2, 0.25) is 5.91 Å². The lowest BCUT2D eigenvalue weighted by atomic mass is 9.97. The molecule has 0 bridgehead atoms. The first-order valence-electron chi connectivity index (χ1n) is 8.72. The predicted octanol–water partition coefficient (Wildman–Crippen LogP) is 2.52. The zero-order valence-corrected chi connectivity index (χ0v) is 14.3. The first kappa shape index (κ1) is 16.3. The van der Waals surface area contributed by atoms with E-state index in [4.69, 9.17) is 0 Å². The van der Waals surface area contributed by atoms with Crippen LogP contribution in [0.15, 0.2) is 61.2 Å². The molecule has 7 heteroatoms. The number of aromatic nitrogens is 4. The molecule has 1 N–H and O–H groups in total. The predicted molar refractivity (Wildman–Crippen MR) is 99.2 cm³/mol. The third kappa shape index (κ3) is 3.56. The van der Waals surface area contributed by atoms with E-state index in [0.717, 1.165) is 36.7 Å². The minimum Gasteiger partial charge on any atom is -0.354 e. The number of rotatable bonds is 4. The van der Waals surface area contributed by atoms with Crippen molar-refractivity contribution in [3.8, 4) is 5.82 Å². The summed E-state index contributed by atoms with van der Waals surface area (Å²) in [5.41, 5.74) is 0.833. The Labute approximate surface area is 151 Å². The lowest BCUT2D eigenvalue weighted by Gasteiger charge is -2.32. The van der Waals surface area contributed by atoms with Crippen molar-refractivity contribution in [1.29, 1.82) is 0 Å². The fourth-order valence-electron chi connectivity index (χ4n) is 3.18. The Balaban J connectivity index is 1.42. The molecule has 132 valence electrons. The van der Waals surface area contributed by atoms with E-state index in [-0.39, 0.29) is 11.8 Å². The van der Waals surface area contributed by atoms with Gasteiger partial charge in [0.05, 0.1) is 5.92 Å². The van der Waals surface area contributed by atoms with Gasteiger partial charge in [-0.15, -0.1) is 10.2 Å². The minimum absolute atomic E-state index is 0.0564. The summed E-state index contributed by atoms with van der Waals surface area (Å²) in [4.78, 5) is 18.7. The van der Waals surface area contributed by atoms with E-state index in [1.54, 1.807) is 12.5 Å². The number of anilines is 2. The van der Waals surface area contributed by atoms with E-state index in [2.05, 4.69) is 25.4 Å². The normalized spacial score (nSPS) is 17.1. The van der Waals surface area contributed by atoms with E-state index >= 15 is 0 Å². The van der Waals surface area contributed by atoms with E-state index in [9.17, 15) is 4.79 Å². The summed E-state index contributed by atoms with van der Waals surface area (Å²) < 4.78 is 1.81. The number of nitrogens with zero attached hydrogens (tertiary/aromatic N) is 5. The van der Waals surface area contributed by atoms with Gasteiger partial charge in [-0.05, 0) is 37.1 Å². The largest absolute Gasteiger partial charge is 0.354 e. The van der Waals surface area contributed by atoms with Crippen molar-refractivity contribution in [2.24, 2.45) is 5.92 Å². The Bertz CT molecular complexity index is 848. The van der Waals surface area contributed by atoms with Gasteiger partial charge in [0.1, 0.15) is 6.33 Å². The standard InChI is InChI=1S/C19H20N6O/c26-19(21-16-6-2-1-3-7-16)15-5-4-11-24(13-15)17-8-9-18(23-22-17)25-12-10-20-14-25/h1-3,6-10,12,14-15H,4-5,11,13H2,(H,21,26). The Morgan fingerprint density at radius 1 is 1.08 bits per heavy atom. The molecule has 7 nitrogen and oxygen atoms in total. The Kier molecular flexibility index (Phi) is 4.59. The summed E-state index contributed by atoms with van der Waals surface area (Å²) in [5.74, 6) is 1.52. The summed E-state index contributed by atoms with van der Waals surface area (Å²) in [6.45, 7) is 1.53. The molecule has 1 aromatic carbocycles. The molecule has 1 saturated heterocycles. The number of imidazole rings is 1. The van der Waals surface area contributed by atoms with Gasteiger partial charge in [-0.1, -0.05) is 18.2 Å². The van der Waals surface area contributed by atoms with Crippen LogP contribution in [0, 0.1) is 5.92 Å². The second-order valence-electron chi connectivity index (χ2n) is 6.36. The fourth-order valence-corrected chi connectivity index (χ4v) is 3.18. The third-order valence-electron chi connectivity index (χ3n) is 4.56. The van der Waals surface area contributed by atoms with Gasteiger partial charge in [-0.25, -0.2) is 4.98 Å². The smallest absolute Gasteiger partial charge is 0.229 e. The number of para-hydroxylation sites is 1. The molecule has 0 radical (unpaired) electrons. The molecule has 3 heterocycles. The first-order chi connectivity index (χ1) is 12.8. The molecule has 4 rings (SSSR count). The second kappa shape index (κ2) is 7.35. The van der Waals surface area contributed by atoms with Crippen LogP contribution in [0.3, 0.4) is 0 Å². The van der Waals surface area contributed by atoms with Crippen molar-refractivity contribution in [2.45, 2.75) is 12.8 Å². The minimum atomic E-state index is -0.0564. The number of hydrogen-bond donors (Lipinski definition) is 1. The monoisotopic (exact) mass is 348 g/mol. The molecule has 26 heavy (non-hydrogen) atoms. The number of hydrogen-bond acceptors (Lipinski definition) is 5. The molecular weight excluding hydrogens is 328 g/mol. The zero-order valence-electron chi connectivity index (χ0n) is 14.3. The average molecular weight is 348 g/mol. The number of carbonyl (C=O) groups is 1. The van der Waals surface area contributed by atoms with Crippen LogP contribution in [0.1, 0.15) is 12.8 Å². The highest BCUT2D eigenvalue weighted by Crippen LogP contribution is 2.23. The average Bonchev–Trinajstić information content (AvgIpc) is 3.24. The van der Waals surface area contributed by atoms with Crippen LogP contribution in [-0.2, 0) is 4.79 Å². The quantitative estimate of drug-likeness (QED) is 0.784. The van der Waals surface area contributed by atoms with Crippen LogP contribution in [0.2, 0.25) is 0 Å². The maximum Gasteiger partial charge on any atom is 0.229 e. The molecule has 1 fully saturated rings. The van der Waals surface area contributed by atoms with E-state index in [0.29, 0.717) is 6.54 Å². The van der Waals surface area contributed by atoms with Crippen LogP contribution < -0.4 is 10.2 Å². The van der Waals surface area contributed by atoms with E-state index in [1.165, 1.54) is 0 Å². The molecule has 1 aliphatic rings. The fraction of sp³-hybridized carbons (Fsp3) is 0.263. The van der Waals surface area contributed by atoms with Gasteiger partial charge >= 0.3 is 0 Å². The third-order valence-corrected chi connectivity index (χ3v) is 4.56. The van der Waals surface area contributed by atoms with Gasteiger partial charge in [0.15, 0.2) is 11.6 Å². The number of benzene rings is 1. The Morgan fingerprint density at radius 3 is 2.62 bits per heavy atom. The summed E-state index contributed by atoms with van der Waals surface area (Å²) >= 11 is 0. The maximum atomic E-state index is 12.6. The molecule has 3 aromatic rings. The molecule has 1 unspecified atom stereocenters. The Hall–Kier alpha value is -3.22. The lowest BCUT2D eigenvalue weighted by molar-refractivity contribution is -0.120. The SMILES string of the molecule is O=C(Nc1ccccc1)C1CCCN(c2ccc(-n3ccnc3)nn2)C1. The van der Waals surface area contributed by atoms with Gasteiger partial charge < -0.3 is 10.2 Å². The Morgan fingerprint density at radius 2 is 1.88 bits per heavy atom. The first-order valence-corrected chi connectivity index (χ1v) is 8.72. The molecule has 0 saturated carbocycles. The van der Waals surface area contributed by atoms with Crippen molar-refractivity contribution in [3.05, 3.63) is 61.2 Å². The molecule has 0 aliphatic carbocycles. The summed E-state index contributed by atoms with van der Waals surface area (Å²) in [6, 6.07) is 13.4. The van der Waals surface area contributed by atoms with Crippen molar-refractivity contribution in [3.63, 3.8) is 0 Å². The highest BCUT2D eigenvalue weighted by atomic mass is 16.1. The maximum absolute atomic E-state index is 12.6. The van der Waals surface area contributed by atoms with Gasteiger partial charge in [0.25, 0.3) is 0 Å². The van der Waals surface area contributed by atoms with Crippen LogP contribution >= 0.6 is 0 Å². The van der Waals surface area contributed by atoms with Crippen LogP contribution in [0.4, 0.5) is 11.5 Å². The lowest BCUT2D eigenvalue weighted by Crippen LogP contribution is -2.41. The van der Waals surface area contributed by atoms with Crippen LogP contribution in [-0.4, -0.2) is 38.7 Å². The number of nitrogens with one attached hydrogen (secondary N) is 1. The van der Waals surface area contributed by atoms with Gasteiger partial charge in [-0.2, -0.15) is 0 Å². The van der Waals surface area contributed by atoms with Gasteiger partial charge in [-0.3, -0.25) is 9.36 Å².